The van der Waals surface area contributed by atoms with Crippen LogP contribution in [0.1, 0.15) is 19.4 Å². The van der Waals surface area contributed by atoms with E-state index in [0.717, 1.165) is 22.7 Å². The van der Waals surface area contributed by atoms with E-state index >= 15 is 0 Å². The number of hydrogen-bond acceptors (Lipinski definition) is 4. The fraction of sp³-hybridized carbons (Fsp3) is 0.238. The molecule has 27 heavy (non-hydrogen) atoms. The second-order valence-electron chi connectivity index (χ2n) is 6.28. The predicted octanol–water partition coefficient (Wildman–Crippen LogP) is 4.26. The minimum absolute atomic E-state index is 0.223. The summed E-state index contributed by atoms with van der Waals surface area (Å²) >= 11 is 5.19. The van der Waals surface area contributed by atoms with Crippen LogP contribution in [0.3, 0.4) is 0 Å². The standard InChI is InChI=1S/C21H24N2O3S/c1-15(2)14-26-19-6-4-5-17(13-19)22-21(27)23-20(24)12-9-16-7-10-18(25-3)11-8-16/h4-13,15H,14H2,1-3H3,(H2,22,23,24,27)/b12-9+. The Morgan fingerprint density at radius 2 is 1.89 bits per heavy atom. The van der Waals surface area contributed by atoms with Crippen molar-refractivity contribution in [1.29, 1.82) is 0 Å². The van der Waals surface area contributed by atoms with Crippen molar-refractivity contribution in [3.63, 3.8) is 0 Å². The van der Waals surface area contributed by atoms with Gasteiger partial charge in [-0.05, 0) is 54.0 Å². The monoisotopic (exact) mass is 384 g/mol. The van der Waals surface area contributed by atoms with Crippen LogP contribution in [-0.2, 0) is 4.79 Å². The van der Waals surface area contributed by atoms with E-state index in [9.17, 15) is 4.79 Å². The van der Waals surface area contributed by atoms with Gasteiger partial charge in [0.1, 0.15) is 11.5 Å². The number of carbonyl (C=O) groups is 1. The van der Waals surface area contributed by atoms with Gasteiger partial charge in [0.15, 0.2) is 5.11 Å². The SMILES string of the molecule is COc1ccc(/C=C/C(=O)NC(=S)Nc2cccc(OCC(C)C)c2)cc1. The van der Waals surface area contributed by atoms with Crippen LogP contribution >= 0.6 is 12.2 Å². The van der Waals surface area contributed by atoms with E-state index in [1.54, 1.807) is 13.2 Å². The smallest absolute Gasteiger partial charge is 0.250 e. The number of hydrogen-bond donors (Lipinski definition) is 2. The zero-order chi connectivity index (χ0) is 19.6. The molecule has 0 heterocycles. The summed E-state index contributed by atoms with van der Waals surface area (Å²) < 4.78 is 10.8. The second-order valence-corrected chi connectivity index (χ2v) is 6.69. The van der Waals surface area contributed by atoms with Crippen LogP contribution in [0.2, 0.25) is 0 Å². The number of thiocarbonyl (C=S) groups is 1. The average molecular weight is 385 g/mol. The molecule has 0 atom stereocenters. The first kappa shape index (κ1) is 20.5. The number of anilines is 1. The highest BCUT2D eigenvalue weighted by atomic mass is 32.1. The molecule has 2 N–H and O–H groups in total. The molecule has 0 bridgehead atoms. The van der Waals surface area contributed by atoms with Gasteiger partial charge in [-0.25, -0.2) is 0 Å². The van der Waals surface area contributed by atoms with Gasteiger partial charge < -0.3 is 14.8 Å². The number of carbonyl (C=O) groups excluding carboxylic acids is 1. The number of amides is 1. The Morgan fingerprint density at radius 1 is 1.15 bits per heavy atom. The quantitative estimate of drug-likeness (QED) is 0.552. The molecule has 2 aromatic carbocycles. The largest absolute Gasteiger partial charge is 0.497 e. The highest BCUT2D eigenvalue weighted by Gasteiger charge is 2.04. The summed E-state index contributed by atoms with van der Waals surface area (Å²) in [6, 6.07) is 14.8. The van der Waals surface area contributed by atoms with E-state index < -0.39 is 0 Å². The van der Waals surface area contributed by atoms with Crippen LogP contribution in [0.5, 0.6) is 11.5 Å². The molecule has 0 fully saturated rings. The van der Waals surface area contributed by atoms with Gasteiger partial charge >= 0.3 is 0 Å². The highest BCUT2D eigenvalue weighted by molar-refractivity contribution is 7.80. The Morgan fingerprint density at radius 3 is 2.56 bits per heavy atom. The summed E-state index contributed by atoms with van der Waals surface area (Å²) in [7, 11) is 1.61. The molecule has 0 unspecified atom stereocenters. The fourth-order valence-corrected chi connectivity index (χ4v) is 2.35. The molecule has 2 aromatic rings. The summed E-state index contributed by atoms with van der Waals surface area (Å²) in [5, 5.41) is 5.83. The molecule has 0 saturated heterocycles. The lowest BCUT2D eigenvalue weighted by Crippen LogP contribution is -2.32. The molecule has 0 saturated carbocycles. The van der Waals surface area contributed by atoms with Gasteiger partial charge in [-0.1, -0.05) is 32.0 Å². The van der Waals surface area contributed by atoms with Gasteiger partial charge in [-0.3, -0.25) is 10.1 Å². The maximum absolute atomic E-state index is 12.0. The van der Waals surface area contributed by atoms with Crippen molar-refractivity contribution in [2.24, 2.45) is 5.92 Å². The molecule has 0 aliphatic carbocycles. The maximum atomic E-state index is 12.0. The number of benzene rings is 2. The van der Waals surface area contributed by atoms with E-state index in [0.29, 0.717) is 12.5 Å². The number of methoxy groups -OCH3 is 1. The Kier molecular flexibility index (Phi) is 7.82. The van der Waals surface area contributed by atoms with Crippen LogP contribution in [0.4, 0.5) is 5.69 Å². The maximum Gasteiger partial charge on any atom is 0.250 e. The van der Waals surface area contributed by atoms with Crippen molar-refractivity contribution < 1.29 is 14.3 Å². The van der Waals surface area contributed by atoms with Gasteiger partial charge in [0, 0.05) is 17.8 Å². The number of nitrogens with one attached hydrogen (secondary N) is 2. The van der Waals surface area contributed by atoms with Gasteiger partial charge in [0.25, 0.3) is 0 Å². The van der Waals surface area contributed by atoms with Crippen molar-refractivity contribution in [1.82, 2.24) is 5.32 Å². The molecule has 142 valence electrons. The summed E-state index contributed by atoms with van der Waals surface area (Å²) in [5.41, 5.74) is 1.64. The van der Waals surface area contributed by atoms with Gasteiger partial charge in [-0.15, -0.1) is 0 Å². The van der Waals surface area contributed by atoms with Crippen LogP contribution < -0.4 is 20.1 Å². The molecule has 2 rings (SSSR count). The van der Waals surface area contributed by atoms with Gasteiger partial charge in [0.2, 0.25) is 5.91 Å². The Balaban J connectivity index is 1.86. The first-order chi connectivity index (χ1) is 13.0. The topological polar surface area (TPSA) is 59.6 Å². The molecule has 1 amide bonds. The van der Waals surface area contributed by atoms with E-state index in [4.69, 9.17) is 21.7 Å². The van der Waals surface area contributed by atoms with E-state index in [-0.39, 0.29) is 11.0 Å². The van der Waals surface area contributed by atoms with Crippen molar-refractivity contribution in [3.8, 4) is 11.5 Å². The summed E-state index contributed by atoms with van der Waals surface area (Å²) in [6.07, 6.45) is 3.13. The fourth-order valence-electron chi connectivity index (χ4n) is 2.13. The minimum atomic E-state index is -0.310. The second kappa shape index (κ2) is 10.3. The zero-order valence-electron chi connectivity index (χ0n) is 15.7. The molecule has 0 spiro atoms. The first-order valence-electron chi connectivity index (χ1n) is 8.63. The molecule has 0 aliphatic rings. The molecular weight excluding hydrogens is 360 g/mol. The van der Waals surface area contributed by atoms with Crippen molar-refractivity contribution in [2.75, 3.05) is 19.0 Å². The van der Waals surface area contributed by atoms with Crippen LogP contribution in [-0.4, -0.2) is 24.7 Å². The molecule has 0 aromatic heterocycles. The van der Waals surface area contributed by atoms with E-state index in [2.05, 4.69) is 24.5 Å². The van der Waals surface area contributed by atoms with Crippen LogP contribution in [0, 0.1) is 5.92 Å². The molecule has 0 aliphatic heterocycles. The Labute approximate surface area is 165 Å². The van der Waals surface area contributed by atoms with Crippen LogP contribution in [0.15, 0.2) is 54.6 Å². The van der Waals surface area contributed by atoms with E-state index in [1.807, 2.05) is 48.5 Å². The Bertz CT molecular complexity index is 801. The third-order valence-corrected chi connectivity index (χ3v) is 3.66. The molecule has 5 nitrogen and oxygen atoms in total. The summed E-state index contributed by atoms with van der Waals surface area (Å²) in [6.45, 7) is 4.82. The Hall–Kier alpha value is -2.86. The molecular formula is C21H24N2O3S. The number of rotatable bonds is 7. The first-order valence-corrected chi connectivity index (χ1v) is 9.04. The summed E-state index contributed by atoms with van der Waals surface area (Å²) in [4.78, 5) is 12.0. The lowest BCUT2D eigenvalue weighted by Gasteiger charge is -2.12. The lowest BCUT2D eigenvalue weighted by molar-refractivity contribution is -0.115. The average Bonchev–Trinajstić information content (AvgIpc) is 2.65. The van der Waals surface area contributed by atoms with Gasteiger partial charge in [-0.2, -0.15) is 0 Å². The highest BCUT2D eigenvalue weighted by Crippen LogP contribution is 2.18. The minimum Gasteiger partial charge on any atom is -0.497 e. The van der Waals surface area contributed by atoms with E-state index in [1.165, 1.54) is 6.08 Å². The van der Waals surface area contributed by atoms with Crippen LogP contribution in [0.25, 0.3) is 6.08 Å². The third-order valence-electron chi connectivity index (χ3n) is 3.45. The van der Waals surface area contributed by atoms with Crippen molar-refractivity contribution in [3.05, 3.63) is 60.2 Å². The predicted molar refractivity (Wildman–Crippen MR) is 113 cm³/mol. The molecule has 6 heteroatoms. The normalized spacial score (nSPS) is 10.7. The van der Waals surface area contributed by atoms with Gasteiger partial charge in [0.05, 0.1) is 13.7 Å². The van der Waals surface area contributed by atoms with Crippen molar-refractivity contribution in [2.45, 2.75) is 13.8 Å². The lowest BCUT2D eigenvalue weighted by atomic mass is 10.2. The molecule has 0 radical (unpaired) electrons. The zero-order valence-corrected chi connectivity index (χ0v) is 16.5. The number of ether oxygens (including phenoxy) is 2. The summed E-state index contributed by atoms with van der Waals surface area (Å²) in [5.74, 6) is 1.65. The third kappa shape index (κ3) is 7.50. The van der Waals surface area contributed by atoms with Crippen molar-refractivity contribution >= 4 is 35.0 Å².